The van der Waals surface area contributed by atoms with E-state index in [-0.39, 0.29) is 12.3 Å². The highest BCUT2D eigenvalue weighted by Crippen LogP contribution is 2.23. The number of amides is 1. The Kier molecular flexibility index (Phi) is 7.44. The first-order valence-corrected chi connectivity index (χ1v) is 11.5. The zero-order valence-electron chi connectivity index (χ0n) is 16.6. The Labute approximate surface area is 174 Å². The van der Waals surface area contributed by atoms with Gasteiger partial charge in [-0.25, -0.2) is 23.3 Å². The summed E-state index contributed by atoms with van der Waals surface area (Å²) in [5.74, 6) is 0.516. The molecule has 11 heteroatoms. The second-order valence-electron chi connectivity index (χ2n) is 7.09. The molecule has 2 rings (SSSR count). The number of benzene rings is 1. The lowest BCUT2D eigenvalue weighted by molar-refractivity contribution is 0.0522. The maximum Gasteiger partial charge on any atom is 0.407 e. The molecule has 3 N–H and O–H groups in total. The molecule has 0 unspecified atom stereocenters. The third-order valence-corrected chi connectivity index (χ3v) is 4.53. The van der Waals surface area contributed by atoms with Crippen LogP contribution in [-0.2, 0) is 27.1 Å². The second kappa shape index (κ2) is 9.42. The molecule has 0 aliphatic heterocycles. The van der Waals surface area contributed by atoms with E-state index < -0.39 is 21.7 Å². The predicted octanol–water partition coefficient (Wildman–Crippen LogP) is 2.80. The van der Waals surface area contributed by atoms with E-state index in [9.17, 15) is 13.2 Å². The van der Waals surface area contributed by atoms with Gasteiger partial charge in [-0.1, -0.05) is 23.9 Å². The van der Waals surface area contributed by atoms with E-state index in [0.29, 0.717) is 28.0 Å². The normalized spacial score (nSPS) is 11.8. The van der Waals surface area contributed by atoms with Crippen LogP contribution in [0.1, 0.15) is 32.0 Å². The number of hydrogen-bond donors (Lipinski definition) is 2. The van der Waals surface area contributed by atoms with E-state index in [1.165, 1.54) is 11.8 Å². The van der Waals surface area contributed by atoms with Crippen molar-refractivity contribution in [2.45, 2.75) is 43.8 Å². The molecule has 0 fully saturated rings. The first-order valence-electron chi connectivity index (χ1n) is 8.59. The van der Waals surface area contributed by atoms with Gasteiger partial charge in [0.05, 0.1) is 18.0 Å². The number of thioether (sulfide) groups is 1. The minimum Gasteiger partial charge on any atom is -0.444 e. The maximum absolute atomic E-state index is 11.8. The van der Waals surface area contributed by atoms with Crippen LogP contribution in [0, 0.1) is 0 Å². The fourth-order valence-corrected chi connectivity index (χ4v) is 3.21. The largest absolute Gasteiger partial charge is 0.444 e. The SMILES string of the molecule is CSc1nc(CNC(=O)OC(C)(C)C)cc(Oc2ccc(CS(N)(=O)=O)cc2)n1. The molecular formula is C18H24N4O5S2. The summed E-state index contributed by atoms with van der Waals surface area (Å²) in [5, 5.41) is 8.17. The van der Waals surface area contributed by atoms with Crippen molar-refractivity contribution in [2.75, 3.05) is 6.26 Å². The second-order valence-corrected chi connectivity index (χ2v) is 9.48. The van der Waals surface area contributed by atoms with Crippen LogP contribution in [0.2, 0.25) is 0 Å². The van der Waals surface area contributed by atoms with Gasteiger partial charge in [0.15, 0.2) is 5.16 Å². The monoisotopic (exact) mass is 440 g/mol. The fraction of sp³-hybridized carbons (Fsp3) is 0.389. The number of alkyl carbamates (subject to hydrolysis) is 1. The topological polar surface area (TPSA) is 134 Å². The maximum atomic E-state index is 11.8. The van der Waals surface area contributed by atoms with Crippen LogP contribution in [0.5, 0.6) is 11.6 Å². The van der Waals surface area contributed by atoms with E-state index in [0.717, 1.165) is 0 Å². The Morgan fingerprint density at radius 3 is 2.41 bits per heavy atom. The summed E-state index contributed by atoms with van der Waals surface area (Å²) in [6.07, 6.45) is 1.28. The van der Waals surface area contributed by atoms with Gasteiger partial charge in [-0.15, -0.1) is 0 Å². The Bertz CT molecular complexity index is 957. The molecule has 1 amide bonds. The summed E-state index contributed by atoms with van der Waals surface area (Å²) in [7, 11) is -3.60. The molecular weight excluding hydrogens is 416 g/mol. The molecule has 1 aromatic heterocycles. The molecule has 0 saturated carbocycles. The number of ether oxygens (including phenoxy) is 2. The number of nitrogens with zero attached hydrogens (tertiary/aromatic N) is 2. The molecule has 0 bridgehead atoms. The molecule has 0 saturated heterocycles. The molecule has 158 valence electrons. The third-order valence-electron chi connectivity index (χ3n) is 3.24. The molecule has 1 heterocycles. The molecule has 1 aromatic carbocycles. The Morgan fingerprint density at radius 1 is 1.21 bits per heavy atom. The van der Waals surface area contributed by atoms with Crippen molar-refractivity contribution in [3.05, 3.63) is 41.6 Å². The number of carbonyl (C=O) groups is 1. The van der Waals surface area contributed by atoms with Crippen LogP contribution in [0.3, 0.4) is 0 Å². The van der Waals surface area contributed by atoms with Gasteiger partial charge in [-0.2, -0.15) is 4.98 Å². The van der Waals surface area contributed by atoms with Gasteiger partial charge >= 0.3 is 6.09 Å². The molecule has 29 heavy (non-hydrogen) atoms. The highest BCUT2D eigenvalue weighted by Gasteiger charge is 2.16. The number of nitrogens with two attached hydrogens (primary N) is 1. The van der Waals surface area contributed by atoms with E-state index in [4.69, 9.17) is 14.6 Å². The van der Waals surface area contributed by atoms with Gasteiger partial charge < -0.3 is 14.8 Å². The number of hydrogen-bond acceptors (Lipinski definition) is 8. The minimum atomic E-state index is -3.60. The molecule has 0 aliphatic rings. The van der Waals surface area contributed by atoms with Crippen molar-refractivity contribution < 1.29 is 22.7 Å². The first kappa shape index (κ1) is 22.9. The molecule has 0 atom stereocenters. The van der Waals surface area contributed by atoms with Crippen LogP contribution in [0.15, 0.2) is 35.5 Å². The highest BCUT2D eigenvalue weighted by atomic mass is 32.2. The number of carbonyl (C=O) groups excluding carboxylic acids is 1. The molecule has 0 aliphatic carbocycles. The summed E-state index contributed by atoms with van der Waals surface area (Å²) in [5.41, 5.74) is 0.509. The minimum absolute atomic E-state index is 0.147. The molecule has 9 nitrogen and oxygen atoms in total. The standard InChI is InChI=1S/C18H24N4O5S2/c1-18(2,3)27-17(23)20-10-13-9-15(22-16(21-13)28-4)26-14-7-5-12(6-8-14)11-29(19,24)25/h5-9H,10-11H2,1-4H3,(H,20,23)(H2,19,24,25). The lowest BCUT2D eigenvalue weighted by atomic mass is 10.2. The van der Waals surface area contributed by atoms with Crippen LogP contribution in [0.25, 0.3) is 0 Å². The third kappa shape index (κ3) is 8.67. The van der Waals surface area contributed by atoms with Crippen molar-refractivity contribution in [1.29, 1.82) is 0 Å². The average Bonchev–Trinajstić information content (AvgIpc) is 2.59. The van der Waals surface area contributed by atoms with E-state index in [1.807, 2.05) is 6.26 Å². The number of aromatic nitrogens is 2. The molecule has 0 spiro atoms. The predicted molar refractivity (Wildman–Crippen MR) is 110 cm³/mol. The van der Waals surface area contributed by atoms with Crippen LogP contribution >= 0.6 is 11.8 Å². The van der Waals surface area contributed by atoms with E-state index >= 15 is 0 Å². The number of rotatable bonds is 7. The lowest BCUT2D eigenvalue weighted by Gasteiger charge is -2.19. The summed E-state index contributed by atoms with van der Waals surface area (Å²) in [6.45, 7) is 5.49. The highest BCUT2D eigenvalue weighted by molar-refractivity contribution is 7.98. The summed E-state index contributed by atoms with van der Waals surface area (Å²) in [6, 6.07) is 8.08. The Hall–Kier alpha value is -2.37. The van der Waals surface area contributed by atoms with Gasteiger partial charge in [0.1, 0.15) is 11.4 Å². The number of sulfonamides is 1. The summed E-state index contributed by atoms with van der Waals surface area (Å²) < 4.78 is 33.3. The molecule has 0 radical (unpaired) electrons. The molecule has 2 aromatic rings. The van der Waals surface area contributed by atoms with Crippen molar-refractivity contribution in [3.63, 3.8) is 0 Å². The summed E-state index contributed by atoms with van der Waals surface area (Å²) >= 11 is 1.33. The zero-order chi connectivity index (χ0) is 21.7. The van der Waals surface area contributed by atoms with E-state index in [1.54, 1.807) is 51.1 Å². The van der Waals surface area contributed by atoms with Gasteiger partial charge in [-0.3, -0.25) is 0 Å². The first-order chi connectivity index (χ1) is 13.4. The van der Waals surface area contributed by atoms with Crippen molar-refractivity contribution in [1.82, 2.24) is 15.3 Å². The van der Waals surface area contributed by atoms with E-state index in [2.05, 4.69) is 15.3 Å². The zero-order valence-corrected chi connectivity index (χ0v) is 18.3. The Morgan fingerprint density at radius 2 is 1.86 bits per heavy atom. The smallest absolute Gasteiger partial charge is 0.407 e. The number of primary sulfonamides is 1. The number of nitrogens with one attached hydrogen (secondary N) is 1. The van der Waals surface area contributed by atoms with Gasteiger partial charge in [0.2, 0.25) is 15.9 Å². The Balaban J connectivity index is 2.09. The average molecular weight is 441 g/mol. The van der Waals surface area contributed by atoms with Gasteiger partial charge in [0, 0.05) is 6.07 Å². The van der Waals surface area contributed by atoms with Crippen LogP contribution in [0.4, 0.5) is 4.79 Å². The van der Waals surface area contributed by atoms with Crippen molar-refractivity contribution in [2.24, 2.45) is 5.14 Å². The quantitative estimate of drug-likeness (QED) is 0.496. The van der Waals surface area contributed by atoms with Crippen molar-refractivity contribution in [3.8, 4) is 11.6 Å². The summed E-state index contributed by atoms with van der Waals surface area (Å²) in [4.78, 5) is 20.5. The van der Waals surface area contributed by atoms with Gasteiger partial charge in [0.25, 0.3) is 0 Å². The lowest BCUT2D eigenvalue weighted by Crippen LogP contribution is -2.32. The van der Waals surface area contributed by atoms with Crippen molar-refractivity contribution >= 4 is 27.9 Å². The fourth-order valence-electron chi connectivity index (χ4n) is 2.17. The van der Waals surface area contributed by atoms with Gasteiger partial charge in [-0.05, 0) is 44.7 Å². The van der Waals surface area contributed by atoms with Crippen LogP contribution in [-0.4, -0.2) is 36.3 Å². The van der Waals surface area contributed by atoms with Crippen LogP contribution < -0.4 is 15.2 Å².